The van der Waals surface area contributed by atoms with Crippen molar-refractivity contribution >= 4 is 55.4 Å². The molecule has 6 heteroatoms. The van der Waals surface area contributed by atoms with E-state index in [1.165, 1.54) is 48.7 Å². The van der Waals surface area contributed by atoms with Crippen molar-refractivity contribution in [3.05, 3.63) is 150 Å². The van der Waals surface area contributed by atoms with Crippen LogP contribution in [0.3, 0.4) is 0 Å². The van der Waals surface area contributed by atoms with Crippen LogP contribution >= 0.6 is 11.8 Å². The van der Waals surface area contributed by atoms with Crippen molar-refractivity contribution in [1.29, 1.82) is 0 Å². The standard InChI is InChI=1S/C55H57N5S/c1-52(2,3)35-30-41-39-22-16-18-24-45(39)59(47(41)43(32-35)54(7,8)9)50-56-49(34-26-28-38(29-27-34)61-37-20-14-13-15-21-37)57-51(58-50)60-46-25-19-17-23-40(46)42-31-36(53(4,5)6)33-44(48(42)60)55(10,11)12/h13-33H,1-12H3. The van der Waals surface area contributed by atoms with Gasteiger partial charge in [0, 0.05) is 36.9 Å². The van der Waals surface area contributed by atoms with Gasteiger partial charge in [0.2, 0.25) is 11.9 Å². The summed E-state index contributed by atoms with van der Waals surface area (Å²) in [4.78, 5) is 18.9. The van der Waals surface area contributed by atoms with E-state index in [1.807, 2.05) is 0 Å². The highest BCUT2D eigenvalue weighted by Gasteiger charge is 2.30. The predicted octanol–water partition coefficient (Wildman–Crippen LogP) is 15.1. The Morgan fingerprint density at radius 3 is 1.23 bits per heavy atom. The van der Waals surface area contributed by atoms with Crippen molar-refractivity contribution < 1.29 is 0 Å². The van der Waals surface area contributed by atoms with E-state index in [2.05, 4.69) is 220 Å². The van der Waals surface area contributed by atoms with Crippen molar-refractivity contribution in [1.82, 2.24) is 24.1 Å². The maximum Gasteiger partial charge on any atom is 0.240 e. The molecule has 3 heterocycles. The van der Waals surface area contributed by atoms with Gasteiger partial charge in [-0.2, -0.15) is 15.0 Å². The van der Waals surface area contributed by atoms with E-state index in [1.54, 1.807) is 11.8 Å². The highest BCUT2D eigenvalue weighted by atomic mass is 32.2. The van der Waals surface area contributed by atoms with E-state index in [4.69, 9.17) is 15.0 Å². The van der Waals surface area contributed by atoms with Gasteiger partial charge in [0.25, 0.3) is 0 Å². The molecule has 6 aromatic carbocycles. The van der Waals surface area contributed by atoms with Gasteiger partial charge in [-0.25, -0.2) is 0 Å². The Hall–Kier alpha value is -5.72. The number of hydrogen-bond donors (Lipinski definition) is 0. The van der Waals surface area contributed by atoms with Crippen molar-refractivity contribution in [2.24, 2.45) is 0 Å². The molecule has 0 aliphatic carbocycles. The smallest absolute Gasteiger partial charge is 0.240 e. The van der Waals surface area contributed by atoms with Crippen LogP contribution in [0, 0.1) is 0 Å². The molecule has 0 unspecified atom stereocenters. The lowest BCUT2D eigenvalue weighted by Gasteiger charge is -2.27. The van der Waals surface area contributed by atoms with E-state index < -0.39 is 0 Å². The summed E-state index contributed by atoms with van der Waals surface area (Å²) in [5.74, 6) is 1.82. The van der Waals surface area contributed by atoms with Gasteiger partial charge >= 0.3 is 0 Å². The van der Waals surface area contributed by atoms with Crippen LogP contribution in [0.4, 0.5) is 0 Å². The van der Waals surface area contributed by atoms with Gasteiger partial charge in [-0.05, 0) is 92.4 Å². The first-order valence-electron chi connectivity index (χ1n) is 21.5. The zero-order chi connectivity index (χ0) is 43.2. The Morgan fingerprint density at radius 1 is 0.393 bits per heavy atom. The van der Waals surface area contributed by atoms with Crippen LogP contribution < -0.4 is 0 Å². The summed E-state index contributed by atoms with van der Waals surface area (Å²) in [6.07, 6.45) is 0. The molecule has 9 rings (SSSR count). The lowest BCUT2D eigenvalue weighted by atomic mass is 9.79. The van der Waals surface area contributed by atoms with Gasteiger partial charge in [-0.15, -0.1) is 0 Å². The van der Waals surface area contributed by atoms with Crippen molar-refractivity contribution in [3.8, 4) is 23.3 Å². The van der Waals surface area contributed by atoms with Crippen LogP contribution in [-0.4, -0.2) is 24.1 Å². The fourth-order valence-corrected chi connectivity index (χ4v) is 9.44. The van der Waals surface area contributed by atoms with Crippen LogP contribution in [0.25, 0.3) is 66.9 Å². The quantitative estimate of drug-likeness (QED) is 0.174. The van der Waals surface area contributed by atoms with Gasteiger partial charge in [0.1, 0.15) is 0 Å². The SMILES string of the molecule is CC(C)(C)c1cc(C(C)(C)C)c2c(c1)c1ccccc1n2-c1nc(-c2ccc(Sc3ccccc3)cc2)nc(-n2c3ccccc3c3cc(C(C)(C)C)cc(C(C)(C)C)c32)n1. The van der Waals surface area contributed by atoms with Crippen LogP contribution in [0.5, 0.6) is 0 Å². The molecule has 0 bridgehead atoms. The van der Waals surface area contributed by atoms with E-state index in [0.717, 1.165) is 32.5 Å². The molecular formula is C55H57N5S. The second-order valence-electron chi connectivity index (χ2n) is 20.7. The van der Waals surface area contributed by atoms with Crippen molar-refractivity contribution in [2.45, 2.75) is 115 Å². The third kappa shape index (κ3) is 7.33. The topological polar surface area (TPSA) is 48.5 Å². The molecule has 5 nitrogen and oxygen atoms in total. The number of fused-ring (bicyclic) bond motifs is 6. The lowest BCUT2D eigenvalue weighted by molar-refractivity contribution is 0.571. The van der Waals surface area contributed by atoms with E-state index >= 15 is 0 Å². The summed E-state index contributed by atoms with van der Waals surface area (Å²) in [5.41, 5.74) is 10.1. The molecule has 0 N–H and O–H groups in total. The second kappa shape index (κ2) is 14.4. The lowest BCUT2D eigenvalue weighted by Crippen LogP contribution is -2.19. The van der Waals surface area contributed by atoms with E-state index in [0.29, 0.717) is 17.7 Å². The Balaban J connectivity index is 1.40. The minimum Gasteiger partial charge on any atom is -0.277 e. The highest BCUT2D eigenvalue weighted by molar-refractivity contribution is 7.99. The molecule has 0 saturated heterocycles. The fraction of sp³-hybridized carbons (Fsp3) is 0.291. The first-order chi connectivity index (χ1) is 28.8. The molecule has 0 aliphatic heterocycles. The van der Waals surface area contributed by atoms with Crippen LogP contribution in [0.1, 0.15) is 105 Å². The number of aromatic nitrogens is 5. The average Bonchev–Trinajstić information content (AvgIpc) is 3.72. The maximum atomic E-state index is 5.61. The molecule has 0 atom stereocenters. The van der Waals surface area contributed by atoms with Gasteiger partial charge < -0.3 is 0 Å². The summed E-state index contributed by atoms with van der Waals surface area (Å²) in [7, 11) is 0. The molecule has 9 aromatic rings. The number of rotatable bonds is 5. The molecule has 308 valence electrons. The molecule has 3 aromatic heterocycles. The molecule has 0 saturated carbocycles. The minimum absolute atomic E-state index is 0.0377. The number of benzene rings is 6. The zero-order valence-corrected chi connectivity index (χ0v) is 38.6. The zero-order valence-electron chi connectivity index (χ0n) is 37.8. The van der Waals surface area contributed by atoms with E-state index in [9.17, 15) is 0 Å². The molecule has 61 heavy (non-hydrogen) atoms. The summed E-state index contributed by atoms with van der Waals surface area (Å²) in [6.45, 7) is 27.7. The summed E-state index contributed by atoms with van der Waals surface area (Å²) in [5, 5.41) is 4.78. The Kier molecular flexibility index (Phi) is 9.63. The van der Waals surface area contributed by atoms with E-state index in [-0.39, 0.29) is 21.7 Å². The molecular weight excluding hydrogens is 763 g/mol. The first-order valence-corrected chi connectivity index (χ1v) is 22.4. The summed E-state index contributed by atoms with van der Waals surface area (Å²) >= 11 is 1.75. The van der Waals surface area contributed by atoms with Crippen LogP contribution in [0.2, 0.25) is 0 Å². The normalized spacial score (nSPS) is 13.0. The average molecular weight is 820 g/mol. The predicted molar refractivity (Wildman–Crippen MR) is 259 cm³/mol. The van der Waals surface area contributed by atoms with Crippen molar-refractivity contribution in [3.63, 3.8) is 0 Å². The fourth-order valence-electron chi connectivity index (χ4n) is 8.60. The van der Waals surface area contributed by atoms with Gasteiger partial charge in [-0.3, -0.25) is 9.13 Å². The number of para-hydroxylation sites is 2. The molecule has 0 amide bonds. The Bertz CT molecular complexity index is 2950. The maximum absolute atomic E-state index is 5.61. The first kappa shape index (κ1) is 40.7. The molecule has 0 spiro atoms. The monoisotopic (exact) mass is 819 g/mol. The molecule has 0 fully saturated rings. The third-order valence-electron chi connectivity index (χ3n) is 12.0. The van der Waals surface area contributed by atoms with Crippen LogP contribution in [0.15, 0.2) is 137 Å². The highest BCUT2D eigenvalue weighted by Crippen LogP contribution is 2.44. The van der Waals surface area contributed by atoms with Crippen LogP contribution in [-0.2, 0) is 21.7 Å². The molecule has 0 radical (unpaired) electrons. The number of nitrogens with zero attached hydrogens (tertiary/aromatic N) is 5. The van der Waals surface area contributed by atoms with Gasteiger partial charge in [0.05, 0.1) is 22.1 Å². The Morgan fingerprint density at radius 2 is 0.803 bits per heavy atom. The van der Waals surface area contributed by atoms with Gasteiger partial charge in [-0.1, -0.05) is 174 Å². The summed E-state index contributed by atoms with van der Waals surface area (Å²) < 4.78 is 4.62. The molecule has 0 aliphatic rings. The Labute approximate surface area is 365 Å². The number of hydrogen-bond acceptors (Lipinski definition) is 4. The second-order valence-corrected chi connectivity index (χ2v) is 21.9. The third-order valence-corrected chi connectivity index (χ3v) is 13.0. The minimum atomic E-state index is -0.171. The van der Waals surface area contributed by atoms with Crippen molar-refractivity contribution in [2.75, 3.05) is 0 Å². The largest absolute Gasteiger partial charge is 0.277 e. The summed E-state index contributed by atoms with van der Waals surface area (Å²) in [6, 6.07) is 46.2. The van der Waals surface area contributed by atoms with Gasteiger partial charge in [0.15, 0.2) is 5.82 Å².